The highest BCUT2D eigenvalue weighted by Gasteiger charge is 2.33. The zero-order valence-electron chi connectivity index (χ0n) is 17.4. The highest BCUT2D eigenvalue weighted by molar-refractivity contribution is 8.15. The van der Waals surface area contributed by atoms with Crippen LogP contribution in [0.4, 0.5) is 0 Å². The van der Waals surface area contributed by atoms with E-state index in [1.54, 1.807) is 0 Å². The van der Waals surface area contributed by atoms with Crippen molar-refractivity contribution in [1.29, 1.82) is 0 Å². The van der Waals surface area contributed by atoms with Crippen LogP contribution in [0.25, 0.3) is 5.57 Å². The first-order chi connectivity index (χ1) is 14.6. The van der Waals surface area contributed by atoms with Crippen LogP contribution in [0.2, 0.25) is 0 Å². The fraction of sp³-hybridized carbons (Fsp3) is 0.280. The first-order valence-corrected chi connectivity index (χ1v) is 11.2. The Kier molecular flexibility index (Phi) is 6.50. The molecule has 1 amide bonds. The van der Waals surface area contributed by atoms with Crippen molar-refractivity contribution in [3.63, 3.8) is 0 Å². The van der Waals surface area contributed by atoms with E-state index >= 15 is 0 Å². The smallest absolute Gasteiger partial charge is 0.216 e. The molecule has 0 bridgehead atoms. The van der Waals surface area contributed by atoms with Crippen molar-refractivity contribution in [2.24, 2.45) is 4.99 Å². The number of rotatable bonds is 7. The van der Waals surface area contributed by atoms with E-state index in [9.17, 15) is 4.79 Å². The number of hydrogen-bond donors (Lipinski definition) is 2. The maximum absolute atomic E-state index is 10.9. The number of aliphatic imine (C=N–C) groups is 1. The zero-order chi connectivity index (χ0) is 20.9. The van der Waals surface area contributed by atoms with Crippen molar-refractivity contribution in [3.05, 3.63) is 89.0 Å². The number of amides is 1. The minimum absolute atomic E-state index is 0.00495. The molecule has 2 aromatic carbocycles. The summed E-state index contributed by atoms with van der Waals surface area (Å²) in [7, 11) is 0. The van der Waals surface area contributed by atoms with Crippen molar-refractivity contribution in [1.82, 2.24) is 10.6 Å². The van der Waals surface area contributed by atoms with Gasteiger partial charge >= 0.3 is 0 Å². The normalized spacial score (nSPS) is 20.1. The molecule has 4 nitrogen and oxygen atoms in total. The molecule has 2 aromatic rings. The van der Waals surface area contributed by atoms with Crippen LogP contribution in [0.5, 0.6) is 0 Å². The summed E-state index contributed by atoms with van der Waals surface area (Å²) in [5, 5.41) is 7.65. The van der Waals surface area contributed by atoms with Crippen LogP contribution in [0.15, 0.2) is 77.3 Å². The first-order valence-electron chi connectivity index (χ1n) is 10.3. The number of nitrogens with one attached hydrogen (secondary N) is 2. The molecule has 0 aromatic heterocycles. The second-order valence-electron chi connectivity index (χ2n) is 7.65. The summed E-state index contributed by atoms with van der Waals surface area (Å²) in [6.07, 6.45) is 4.47. The Morgan fingerprint density at radius 3 is 2.67 bits per heavy atom. The van der Waals surface area contributed by atoms with Gasteiger partial charge in [-0.2, -0.15) is 0 Å². The lowest BCUT2D eigenvalue weighted by atomic mass is 9.91. The summed E-state index contributed by atoms with van der Waals surface area (Å²) in [5.74, 6) is 0.00495. The summed E-state index contributed by atoms with van der Waals surface area (Å²) in [5.41, 5.74) is 6.39. The molecule has 2 atom stereocenters. The summed E-state index contributed by atoms with van der Waals surface area (Å²) in [4.78, 5) is 16.0. The number of fused-ring (bicyclic) bond motifs is 1. The van der Waals surface area contributed by atoms with Crippen LogP contribution < -0.4 is 10.6 Å². The SMILES string of the molecule is CC(=O)NCCNCc1cccc(C2=NC3C=CC(c4ccccc4)=C(C)C3S2)c1. The molecular weight excluding hydrogens is 390 g/mol. The number of allylic oxidation sites excluding steroid dienone is 2. The largest absolute Gasteiger partial charge is 0.355 e. The van der Waals surface area contributed by atoms with Crippen LogP contribution in [0.3, 0.4) is 0 Å². The maximum Gasteiger partial charge on any atom is 0.216 e. The molecule has 0 saturated carbocycles. The van der Waals surface area contributed by atoms with Crippen LogP contribution >= 0.6 is 11.8 Å². The molecule has 1 aliphatic carbocycles. The van der Waals surface area contributed by atoms with Gasteiger partial charge in [-0.15, -0.1) is 0 Å². The number of thioether (sulfide) groups is 1. The quantitative estimate of drug-likeness (QED) is 0.665. The molecule has 5 heteroatoms. The molecule has 154 valence electrons. The topological polar surface area (TPSA) is 53.5 Å². The van der Waals surface area contributed by atoms with Gasteiger partial charge in [-0.05, 0) is 35.3 Å². The van der Waals surface area contributed by atoms with Gasteiger partial charge in [0.1, 0.15) is 0 Å². The average Bonchev–Trinajstić information content (AvgIpc) is 3.20. The van der Waals surface area contributed by atoms with Gasteiger partial charge in [0, 0.05) is 32.1 Å². The van der Waals surface area contributed by atoms with E-state index in [-0.39, 0.29) is 11.9 Å². The molecular formula is C25H27N3OS. The second-order valence-corrected chi connectivity index (χ2v) is 8.78. The van der Waals surface area contributed by atoms with E-state index in [1.165, 1.54) is 34.8 Å². The fourth-order valence-corrected chi connectivity index (χ4v) is 5.13. The van der Waals surface area contributed by atoms with Crippen LogP contribution in [-0.4, -0.2) is 35.3 Å². The van der Waals surface area contributed by atoms with Crippen molar-refractivity contribution in [2.45, 2.75) is 31.7 Å². The Balaban J connectivity index is 1.43. The Labute approximate surface area is 182 Å². The molecule has 0 radical (unpaired) electrons. The third kappa shape index (κ3) is 4.74. The molecule has 2 N–H and O–H groups in total. The lowest BCUT2D eigenvalue weighted by Gasteiger charge is -2.23. The minimum atomic E-state index is 0.00495. The lowest BCUT2D eigenvalue weighted by molar-refractivity contribution is -0.118. The Morgan fingerprint density at radius 1 is 1.07 bits per heavy atom. The minimum Gasteiger partial charge on any atom is -0.355 e. The standard InChI is InChI=1S/C25H27N3OS/c1-17-22(20-8-4-3-5-9-20)11-12-23-24(17)30-25(28-23)21-10-6-7-19(15-21)16-26-13-14-27-18(2)29/h3-12,15,23-24,26H,13-14,16H2,1-2H3,(H,27,29). The van der Waals surface area contributed by atoms with E-state index < -0.39 is 0 Å². The van der Waals surface area contributed by atoms with Gasteiger partial charge in [-0.1, -0.05) is 72.4 Å². The van der Waals surface area contributed by atoms with E-state index in [2.05, 4.69) is 84.3 Å². The molecule has 4 rings (SSSR count). The molecule has 2 aliphatic rings. The van der Waals surface area contributed by atoms with Crippen molar-refractivity contribution >= 4 is 28.3 Å². The van der Waals surface area contributed by atoms with Gasteiger partial charge in [0.25, 0.3) is 0 Å². The molecule has 1 heterocycles. The number of benzene rings is 2. The number of carbonyl (C=O) groups is 1. The fourth-order valence-electron chi connectivity index (χ4n) is 3.85. The highest BCUT2D eigenvalue weighted by Crippen LogP contribution is 2.41. The third-order valence-corrected chi connectivity index (χ3v) is 6.84. The first kappa shape index (κ1) is 20.6. The van der Waals surface area contributed by atoms with Crippen LogP contribution in [0.1, 0.15) is 30.5 Å². The van der Waals surface area contributed by atoms with Gasteiger partial charge in [-0.3, -0.25) is 9.79 Å². The van der Waals surface area contributed by atoms with Gasteiger partial charge in [0.15, 0.2) is 0 Å². The Bertz CT molecular complexity index is 1010. The Hall–Kier alpha value is -2.63. The molecule has 0 fully saturated rings. The van der Waals surface area contributed by atoms with Gasteiger partial charge in [-0.25, -0.2) is 0 Å². The number of nitrogens with zero attached hydrogens (tertiary/aromatic N) is 1. The van der Waals surface area contributed by atoms with Crippen LogP contribution in [-0.2, 0) is 11.3 Å². The van der Waals surface area contributed by atoms with E-state index in [1.807, 2.05) is 11.8 Å². The van der Waals surface area contributed by atoms with Gasteiger partial charge < -0.3 is 10.6 Å². The molecule has 0 spiro atoms. The predicted octanol–water partition coefficient (Wildman–Crippen LogP) is 4.19. The molecule has 30 heavy (non-hydrogen) atoms. The zero-order valence-corrected chi connectivity index (χ0v) is 18.2. The van der Waals surface area contributed by atoms with Crippen molar-refractivity contribution in [2.75, 3.05) is 13.1 Å². The van der Waals surface area contributed by atoms with E-state index in [4.69, 9.17) is 4.99 Å². The average molecular weight is 418 g/mol. The van der Waals surface area contributed by atoms with Gasteiger partial charge in [0.05, 0.1) is 16.3 Å². The van der Waals surface area contributed by atoms with E-state index in [0.717, 1.165) is 18.1 Å². The summed E-state index contributed by atoms with van der Waals surface area (Å²) < 4.78 is 0. The second kappa shape index (κ2) is 9.45. The summed E-state index contributed by atoms with van der Waals surface area (Å²) in [6.45, 7) is 5.94. The summed E-state index contributed by atoms with van der Waals surface area (Å²) in [6, 6.07) is 19.4. The molecule has 2 unspecified atom stereocenters. The highest BCUT2D eigenvalue weighted by atomic mass is 32.2. The number of carbonyl (C=O) groups excluding carboxylic acids is 1. The molecule has 1 aliphatic heterocycles. The Morgan fingerprint density at radius 2 is 1.87 bits per heavy atom. The predicted molar refractivity (Wildman–Crippen MR) is 127 cm³/mol. The van der Waals surface area contributed by atoms with Crippen molar-refractivity contribution in [3.8, 4) is 0 Å². The third-order valence-electron chi connectivity index (χ3n) is 5.39. The lowest BCUT2D eigenvalue weighted by Crippen LogP contribution is -2.29. The molecule has 0 saturated heterocycles. The van der Waals surface area contributed by atoms with Gasteiger partial charge in [0.2, 0.25) is 5.91 Å². The van der Waals surface area contributed by atoms with Crippen LogP contribution in [0, 0.1) is 0 Å². The maximum atomic E-state index is 10.9. The number of hydrogen-bond acceptors (Lipinski definition) is 4. The monoisotopic (exact) mass is 417 g/mol. The summed E-state index contributed by atoms with van der Waals surface area (Å²) >= 11 is 1.87. The van der Waals surface area contributed by atoms with Crippen molar-refractivity contribution < 1.29 is 4.79 Å². The van der Waals surface area contributed by atoms with E-state index in [0.29, 0.717) is 11.8 Å².